The summed E-state index contributed by atoms with van der Waals surface area (Å²) in [5.41, 5.74) is 7.37. The number of piperidine rings is 1. The maximum absolute atomic E-state index is 13.3. The van der Waals surface area contributed by atoms with E-state index in [1.807, 2.05) is 36.1 Å². The zero-order valence-electron chi connectivity index (χ0n) is 20.2. The lowest BCUT2D eigenvalue weighted by Gasteiger charge is -2.38. The predicted molar refractivity (Wildman–Crippen MR) is 128 cm³/mol. The van der Waals surface area contributed by atoms with Crippen LogP contribution in [-0.4, -0.2) is 89.0 Å². The molecule has 0 spiro atoms. The van der Waals surface area contributed by atoms with Crippen molar-refractivity contribution in [1.29, 1.82) is 5.26 Å². The molecular formula is C24H32N6O4S. The van der Waals surface area contributed by atoms with Crippen LogP contribution in [-0.2, 0) is 18.9 Å². The van der Waals surface area contributed by atoms with Gasteiger partial charge in [-0.15, -0.1) is 9.32 Å². The fourth-order valence-electron chi connectivity index (χ4n) is 5.89. The number of hydrogen-bond donors (Lipinski definition) is 1. The normalized spacial score (nSPS) is 31.1. The Morgan fingerprint density at radius 1 is 1.29 bits per heavy atom. The third-order valence-electron chi connectivity index (χ3n) is 7.66. The van der Waals surface area contributed by atoms with Crippen LogP contribution < -0.4 is 5.73 Å². The summed E-state index contributed by atoms with van der Waals surface area (Å²) in [5.74, 6) is 0.398. The quantitative estimate of drug-likeness (QED) is 0.304. The van der Waals surface area contributed by atoms with Crippen molar-refractivity contribution in [2.75, 3.05) is 27.2 Å². The number of likely N-dealkylation sites (tertiary alicyclic amines) is 3. The average Bonchev–Trinajstić information content (AvgIpc) is 3.16. The number of hydroxylamine groups is 2. The minimum Gasteiger partial charge on any atom is -0.330 e. The minimum atomic E-state index is -0.716. The van der Waals surface area contributed by atoms with Gasteiger partial charge in [-0.05, 0) is 49.8 Å². The molecule has 2 N–H and O–H groups in total. The first-order valence-corrected chi connectivity index (χ1v) is 12.8. The number of carbonyl (C=O) groups excluding carboxylic acids is 2. The van der Waals surface area contributed by atoms with Crippen LogP contribution in [0.2, 0.25) is 0 Å². The Kier molecular flexibility index (Phi) is 6.78. The van der Waals surface area contributed by atoms with Crippen LogP contribution >= 0.6 is 12.0 Å². The van der Waals surface area contributed by atoms with Gasteiger partial charge < -0.3 is 15.5 Å². The lowest BCUT2D eigenvalue weighted by atomic mass is 10.1. The van der Waals surface area contributed by atoms with E-state index in [4.69, 9.17) is 15.1 Å². The van der Waals surface area contributed by atoms with Crippen molar-refractivity contribution in [2.45, 2.75) is 67.3 Å². The van der Waals surface area contributed by atoms with Crippen molar-refractivity contribution in [1.82, 2.24) is 19.8 Å². The molecule has 0 radical (unpaired) electrons. The lowest BCUT2D eigenvalue weighted by molar-refractivity contribution is -0.340. The third-order valence-corrected chi connectivity index (χ3v) is 8.25. The molecule has 2 amide bonds. The second-order valence-corrected chi connectivity index (χ2v) is 11.0. The topological polar surface area (TPSA) is 115 Å². The molecule has 10 nitrogen and oxygen atoms in total. The van der Waals surface area contributed by atoms with E-state index in [0.29, 0.717) is 19.0 Å². The molecule has 1 unspecified atom stereocenters. The number of amides is 2. The van der Waals surface area contributed by atoms with Gasteiger partial charge >= 0.3 is 0 Å². The SMILES string of the molecule is C[C@H](c1ccc(SOON(C)C)cc1)N1C(=O)[C@H]2C[C@@H]1CN2C[C@H](N)C(=O)N1C2C[C@H]2C[C@H]1C#N. The molecule has 3 heterocycles. The first-order chi connectivity index (χ1) is 16.8. The summed E-state index contributed by atoms with van der Waals surface area (Å²) in [4.78, 5) is 37.9. The van der Waals surface area contributed by atoms with Crippen molar-refractivity contribution in [3.8, 4) is 6.07 Å². The van der Waals surface area contributed by atoms with Crippen molar-refractivity contribution >= 4 is 23.9 Å². The summed E-state index contributed by atoms with van der Waals surface area (Å²) in [7, 11) is 3.47. The molecule has 7 atom stereocenters. The molecule has 4 aliphatic rings. The Morgan fingerprint density at radius 3 is 2.69 bits per heavy atom. The second kappa shape index (κ2) is 9.69. The van der Waals surface area contributed by atoms with E-state index in [9.17, 15) is 14.9 Å². The average molecular weight is 501 g/mol. The van der Waals surface area contributed by atoms with Gasteiger partial charge in [0.2, 0.25) is 11.8 Å². The number of carbonyl (C=O) groups is 2. The minimum absolute atomic E-state index is 0.0549. The lowest BCUT2D eigenvalue weighted by Crippen LogP contribution is -2.57. The van der Waals surface area contributed by atoms with Gasteiger partial charge in [0.25, 0.3) is 0 Å². The summed E-state index contributed by atoms with van der Waals surface area (Å²) in [6, 6.07) is 9.06. The van der Waals surface area contributed by atoms with E-state index >= 15 is 0 Å². The maximum atomic E-state index is 13.3. The molecular weight excluding hydrogens is 468 g/mol. The third kappa shape index (κ3) is 4.67. The zero-order chi connectivity index (χ0) is 24.9. The molecule has 188 valence electrons. The number of benzene rings is 1. The zero-order valence-corrected chi connectivity index (χ0v) is 21.1. The van der Waals surface area contributed by atoms with Gasteiger partial charge in [-0.25, -0.2) is 0 Å². The predicted octanol–water partition coefficient (Wildman–Crippen LogP) is 1.30. The summed E-state index contributed by atoms with van der Waals surface area (Å²) in [6.07, 6.45) is 2.49. The fraction of sp³-hybridized carbons (Fsp3) is 0.625. The second-order valence-electron chi connectivity index (χ2n) is 10.2. The molecule has 5 rings (SSSR count). The number of piperazine rings is 1. The smallest absolute Gasteiger partial charge is 0.242 e. The van der Waals surface area contributed by atoms with Crippen molar-refractivity contribution in [3.05, 3.63) is 29.8 Å². The number of hydrogen-bond acceptors (Lipinski definition) is 9. The molecule has 3 aliphatic heterocycles. The molecule has 0 aromatic heterocycles. The van der Waals surface area contributed by atoms with E-state index < -0.39 is 6.04 Å². The molecule has 35 heavy (non-hydrogen) atoms. The fourth-order valence-corrected chi connectivity index (χ4v) is 6.37. The molecule has 11 heteroatoms. The molecule has 1 aliphatic carbocycles. The van der Waals surface area contributed by atoms with Crippen molar-refractivity contribution < 1.29 is 18.9 Å². The van der Waals surface area contributed by atoms with E-state index in [-0.39, 0.29) is 42.0 Å². The standard InChI is InChI=1S/C24H32N6O4S/c1-14(15-4-6-19(7-5-15)35-34-33-27(2)3)29-18-10-22(24(29)32)28(12-18)13-20(26)23(31)30-17(11-25)8-16-9-21(16)30/h4-7,14,16-18,20-22H,8-10,12-13,26H2,1-3H3/t14-,16-,17+,18-,20+,21?,22-/m1/s1. The van der Waals surface area contributed by atoms with Gasteiger partial charge in [0.15, 0.2) is 0 Å². The largest absolute Gasteiger partial charge is 0.330 e. The molecule has 1 aromatic carbocycles. The van der Waals surface area contributed by atoms with E-state index in [1.165, 1.54) is 5.06 Å². The molecule has 3 saturated heterocycles. The number of nitrogens with zero attached hydrogens (tertiary/aromatic N) is 5. The molecule has 1 saturated carbocycles. The van der Waals surface area contributed by atoms with E-state index in [2.05, 4.69) is 11.0 Å². The monoisotopic (exact) mass is 500 g/mol. The van der Waals surface area contributed by atoms with Gasteiger partial charge in [-0.2, -0.15) is 10.3 Å². The van der Waals surface area contributed by atoms with Gasteiger partial charge in [0.1, 0.15) is 6.04 Å². The van der Waals surface area contributed by atoms with Gasteiger partial charge in [-0.3, -0.25) is 14.5 Å². The summed E-state index contributed by atoms with van der Waals surface area (Å²) in [6.45, 7) is 3.10. The van der Waals surface area contributed by atoms with Crippen molar-refractivity contribution in [3.63, 3.8) is 0 Å². The summed E-state index contributed by atoms with van der Waals surface area (Å²) >= 11 is 1.12. The summed E-state index contributed by atoms with van der Waals surface area (Å²) < 4.78 is 5.07. The van der Waals surface area contributed by atoms with Crippen LogP contribution in [0.25, 0.3) is 0 Å². The van der Waals surface area contributed by atoms with Gasteiger partial charge in [-0.1, -0.05) is 12.1 Å². The highest BCUT2D eigenvalue weighted by atomic mass is 32.2. The Hall–Kier alpha value is -2.20. The highest BCUT2D eigenvalue weighted by Crippen LogP contribution is 2.48. The van der Waals surface area contributed by atoms with E-state index in [1.54, 1.807) is 19.0 Å². The first kappa shape index (κ1) is 24.5. The van der Waals surface area contributed by atoms with Crippen LogP contribution in [0.3, 0.4) is 0 Å². The Bertz CT molecular complexity index is 1020. The molecule has 4 fully saturated rings. The van der Waals surface area contributed by atoms with Crippen LogP contribution in [0.1, 0.15) is 37.8 Å². The Balaban J connectivity index is 1.16. The maximum Gasteiger partial charge on any atom is 0.242 e. The van der Waals surface area contributed by atoms with Gasteiger partial charge in [0.05, 0.1) is 36.2 Å². The van der Waals surface area contributed by atoms with Crippen molar-refractivity contribution in [2.24, 2.45) is 11.7 Å². The molecule has 2 bridgehead atoms. The number of rotatable bonds is 9. The van der Waals surface area contributed by atoms with Crippen LogP contribution in [0.15, 0.2) is 29.2 Å². The van der Waals surface area contributed by atoms with E-state index in [0.717, 1.165) is 41.8 Å². The highest BCUT2D eigenvalue weighted by Gasteiger charge is 2.56. The molecule has 1 aromatic rings. The van der Waals surface area contributed by atoms with Gasteiger partial charge in [0, 0.05) is 44.2 Å². The highest BCUT2D eigenvalue weighted by molar-refractivity contribution is 7.94. The number of nitrogens with two attached hydrogens (primary N) is 1. The van der Waals surface area contributed by atoms with Crippen LogP contribution in [0, 0.1) is 17.2 Å². The van der Waals surface area contributed by atoms with Crippen LogP contribution in [0.4, 0.5) is 0 Å². The Labute approximate surface area is 210 Å². The van der Waals surface area contributed by atoms with Crippen LogP contribution in [0.5, 0.6) is 0 Å². The Morgan fingerprint density at radius 2 is 2.03 bits per heavy atom. The number of nitriles is 1. The summed E-state index contributed by atoms with van der Waals surface area (Å²) in [5, 5.41) is 10.9. The number of fused-ring (bicyclic) bond motifs is 3. The first-order valence-electron chi connectivity index (χ1n) is 12.1.